The first-order valence-corrected chi connectivity index (χ1v) is 10.0. The predicted octanol–water partition coefficient (Wildman–Crippen LogP) is 4.67. The lowest BCUT2D eigenvalue weighted by Crippen LogP contribution is -2.10. The second-order valence-electron chi connectivity index (χ2n) is 6.92. The van der Waals surface area contributed by atoms with Crippen molar-refractivity contribution in [3.05, 3.63) is 58.1 Å². The molecule has 0 fully saturated rings. The van der Waals surface area contributed by atoms with E-state index < -0.39 is 23.5 Å². The number of alkyl halides is 3. The van der Waals surface area contributed by atoms with Crippen LogP contribution in [0.1, 0.15) is 25.1 Å². The van der Waals surface area contributed by atoms with Gasteiger partial charge in [-0.2, -0.15) is 13.2 Å². The van der Waals surface area contributed by atoms with Crippen LogP contribution in [0.15, 0.2) is 46.2 Å². The number of hydrogen-bond donors (Lipinski definition) is 3. The fourth-order valence-corrected chi connectivity index (χ4v) is 3.56. The summed E-state index contributed by atoms with van der Waals surface area (Å²) in [6.07, 6.45) is -1.91. The summed E-state index contributed by atoms with van der Waals surface area (Å²) in [6, 6.07) is 7.17. The standard InChI is InChI=1S/C20H19F3N4O2S/c1-11(2)10-30-18-12(6-8-15(26-18)20(21,22)23)7-9-16(28)24-13-4-3-5-14-17(13)27-19(29)25-14/h3-9,11H,10H2,1-2H3,(H,24,28)(H2,25,27,29)/b9-7+. The maximum atomic E-state index is 13.0. The molecule has 1 amide bonds. The first-order valence-electron chi connectivity index (χ1n) is 9.04. The molecule has 0 radical (unpaired) electrons. The lowest BCUT2D eigenvalue weighted by atomic mass is 10.2. The number of carbonyl (C=O) groups excluding carboxylic acids is 1. The van der Waals surface area contributed by atoms with Crippen molar-refractivity contribution in [2.24, 2.45) is 5.92 Å². The molecule has 0 atom stereocenters. The van der Waals surface area contributed by atoms with Gasteiger partial charge >= 0.3 is 11.9 Å². The van der Waals surface area contributed by atoms with Crippen LogP contribution in [-0.4, -0.2) is 26.6 Å². The van der Waals surface area contributed by atoms with E-state index in [4.69, 9.17) is 0 Å². The summed E-state index contributed by atoms with van der Waals surface area (Å²) in [5, 5.41) is 2.86. The Balaban J connectivity index is 1.82. The van der Waals surface area contributed by atoms with Crippen molar-refractivity contribution in [2.75, 3.05) is 11.1 Å². The van der Waals surface area contributed by atoms with Crippen LogP contribution in [0.25, 0.3) is 17.1 Å². The number of thioether (sulfide) groups is 1. The van der Waals surface area contributed by atoms with Crippen LogP contribution in [0.2, 0.25) is 0 Å². The quantitative estimate of drug-likeness (QED) is 0.387. The molecule has 3 aromatic rings. The monoisotopic (exact) mass is 436 g/mol. The average Bonchev–Trinajstić information content (AvgIpc) is 3.05. The molecule has 0 aliphatic heterocycles. The van der Waals surface area contributed by atoms with E-state index in [1.54, 1.807) is 18.2 Å². The van der Waals surface area contributed by atoms with Crippen LogP contribution in [0.4, 0.5) is 18.9 Å². The summed E-state index contributed by atoms with van der Waals surface area (Å²) in [7, 11) is 0. The number of halogens is 3. The number of fused-ring (bicyclic) bond motifs is 1. The van der Waals surface area contributed by atoms with Gasteiger partial charge < -0.3 is 15.3 Å². The van der Waals surface area contributed by atoms with Gasteiger partial charge in [0, 0.05) is 17.4 Å². The van der Waals surface area contributed by atoms with Crippen molar-refractivity contribution in [2.45, 2.75) is 25.0 Å². The lowest BCUT2D eigenvalue weighted by molar-refractivity contribution is -0.141. The molecule has 0 bridgehead atoms. The number of imidazole rings is 1. The number of hydrogen-bond acceptors (Lipinski definition) is 4. The average molecular weight is 436 g/mol. The molecule has 10 heteroatoms. The minimum Gasteiger partial charge on any atom is -0.321 e. The third-order valence-corrected chi connectivity index (χ3v) is 5.39. The van der Waals surface area contributed by atoms with Crippen LogP contribution in [0.5, 0.6) is 0 Å². The van der Waals surface area contributed by atoms with Crippen LogP contribution < -0.4 is 11.0 Å². The van der Waals surface area contributed by atoms with Crippen molar-refractivity contribution < 1.29 is 18.0 Å². The van der Waals surface area contributed by atoms with Crippen LogP contribution >= 0.6 is 11.8 Å². The van der Waals surface area contributed by atoms with E-state index >= 15 is 0 Å². The fraction of sp³-hybridized carbons (Fsp3) is 0.250. The smallest absolute Gasteiger partial charge is 0.321 e. The Morgan fingerprint density at radius 1 is 1.23 bits per heavy atom. The molecule has 0 spiro atoms. The number of para-hydroxylation sites is 1. The topological polar surface area (TPSA) is 90.6 Å². The van der Waals surface area contributed by atoms with E-state index in [0.717, 1.165) is 6.07 Å². The molecule has 3 rings (SSSR count). The molecule has 0 aliphatic rings. The number of aromatic amines is 2. The highest BCUT2D eigenvalue weighted by Gasteiger charge is 2.33. The molecule has 1 aromatic carbocycles. The molecule has 158 valence electrons. The van der Waals surface area contributed by atoms with Crippen molar-refractivity contribution in [3.8, 4) is 0 Å². The largest absolute Gasteiger partial charge is 0.433 e. The SMILES string of the molecule is CC(C)CSc1nc(C(F)(F)F)ccc1/C=C/C(=O)Nc1cccc2[nH]c(=O)[nH]c12. The Morgan fingerprint density at radius 3 is 2.70 bits per heavy atom. The molecule has 6 nitrogen and oxygen atoms in total. The van der Waals surface area contributed by atoms with Gasteiger partial charge in [-0.15, -0.1) is 11.8 Å². The van der Waals surface area contributed by atoms with Crippen molar-refractivity contribution in [1.82, 2.24) is 15.0 Å². The highest BCUT2D eigenvalue weighted by atomic mass is 32.2. The summed E-state index contributed by atoms with van der Waals surface area (Å²) in [4.78, 5) is 32.7. The number of nitrogens with one attached hydrogen (secondary N) is 3. The maximum Gasteiger partial charge on any atom is 0.433 e. The minimum atomic E-state index is -4.54. The summed E-state index contributed by atoms with van der Waals surface area (Å²) in [6.45, 7) is 3.91. The molecule has 0 saturated carbocycles. The third kappa shape index (κ3) is 5.32. The van der Waals surface area contributed by atoms with Gasteiger partial charge in [0.2, 0.25) is 5.91 Å². The van der Waals surface area contributed by atoms with Crippen LogP contribution in [0, 0.1) is 5.92 Å². The van der Waals surface area contributed by atoms with Gasteiger partial charge in [0.25, 0.3) is 0 Å². The maximum absolute atomic E-state index is 13.0. The Bertz CT molecular complexity index is 1150. The van der Waals surface area contributed by atoms with E-state index in [-0.39, 0.29) is 10.9 Å². The van der Waals surface area contributed by atoms with Crippen molar-refractivity contribution in [1.29, 1.82) is 0 Å². The Kier molecular flexibility index (Phi) is 6.35. The number of carbonyl (C=O) groups is 1. The zero-order valence-corrected chi connectivity index (χ0v) is 16.9. The molecular weight excluding hydrogens is 417 g/mol. The Morgan fingerprint density at radius 2 is 2.00 bits per heavy atom. The van der Waals surface area contributed by atoms with E-state index in [9.17, 15) is 22.8 Å². The highest BCUT2D eigenvalue weighted by molar-refractivity contribution is 7.99. The van der Waals surface area contributed by atoms with E-state index in [0.29, 0.717) is 28.0 Å². The van der Waals surface area contributed by atoms with Gasteiger partial charge in [-0.1, -0.05) is 26.0 Å². The van der Waals surface area contributed by atoms with Gasteiger partial charge in [0.05, 0.1) is 16.7 Å². The number of aromatic nitrogens is 3. The number of nitrogens with zero attached hydrogens (tertiary/aromatic N) is 1. The molecule has 0 aliphatic carbocycles. The Labute approximate surface area is 174 Å². The van der Waals surface area contributed by atoms with Crippen molar-refractivity contribution in [3.63, 3.8) is 0 Å². The number of rotatable bonds is 6. The first kappa shape index (κ1) is 21.7. The molecule has 2 heterocycles. The number of anilines is 1. The second-order valence-corrected chi connectivity index (χ2v) is 7.93. The summed E-state index contributed by atoms with van der Waals surface area (Å²) >= 11 is 1.21. The first-order chi connectivity index (χ1) is 14.1. The summed E-state index contributed by atoms with van der Waals surface area (Å²) in [5.74, 6) is 0.351. The van der Waals surface area contributed by atoms with Gasteiger partial charge in [-0.3, -0.25) is 4.79 Å². The molecular formula is C20H19F3N4O2S. The number of benzene rings is 1. The summed E-state index contributed by atoms with van der Waals surface area (Å²) < 4.78 is 39.0. The van der Waals surface area contributed by atoms with Gasteiger partial charge in [0.15, 0.2) is 0 Å². The summed E-state index contributed by atoms with van der Waals surface area (Å²) in [5.41, 5.74) is 0.440. The molecule has 0 saturated heterocycles. The molecule has 30 heavy (non-hydrogen) atoms. The molecule has 0 unspecified atom stereocenters. The van der Waals surface area contributed by atoms with E-state index in [2.05, 4.69) is 20.3 Å². The van der Waals surface area contributed by atoms with E-state index in [1.807, 2.05) is 13.8 Å². The minimum absolute atomic E-state index is 0.208. The van der Waals surface area contributed by atoms with Crippen LogP contribution in [-0.2, 0) is 11.0 Å². The number of H-pyrrole nitrogens is 2. The predicted molar refractivity (Wildman–Crippen MR) is 111 cm³/mol. The van der Waals surface area contributed by atoms with E-state index in [1.165, 1.54) is 30.0 Å². The van der Waals surface area contributed by atoms with Gasteiger partial charge in [-0.25, -0.2) is 9.78 Å². The van der Waals surface area contributed by atoms with Gasteiger partial charge in [0.1, 0.15) is 10.7 Å². The normalized spacial score (nSPS) is 12.2. The fourth-order valence-electron chi connectivity index (χ4n) is 2.60. The van der Waals surface area contributed by atoms with Crippen molar-refractivity contribution >= 4 is 40.5 Å². The molecule has 3 N–H and O–H groups in total. The highest BCUT2D eigenvalue weighted by Crippen LogP contribution is 2.32. The van der Waals surface area contributed by atoms with Gasteiger partial charge in [-0.05, 0) is 30.2 Å². The zero-order valence-electron chi connectivity index (χ0n) is 16.1. The zero-order chi connectivity index (χ0) is 21.9. The number of amides is 1. The Hall–Kier alpha value is -3.01. The second kappa shape index (κ2) is 8.78. The number of pyridine rings is 1. The lowest BCUT2D eigenvalue weighted by Gasteiger charge is -2.11. The molecule has 2 aromatic heterocycles. The third-order valence-electron chi connectivity index (χ3n) is 3.96. The van der Waals surface area contributed by atoms with Crippen LogP contribution in [0.3, 0.4) is 0 Å².